The van der Waals surface area contributed by atoms with Gasteiger partial charge in [0.05, 0.1) is 15.1 Å². The van der Waals surface area contributed by atoms with Crippen molar-refractivity contribution in [2.75, 3.05) is 16.9 Å². The van der Waals surface area contributed by atoms with Crippen molar-refractivity contribution in [3.63, 3.8) is 0 Å². The number of sulfone groups is 1. The number of anilines is 2. The van der Waals surface area contributed by atoms with Crippen molar-refractivity contribution in [2.24, 2.45) is 5.92 Å². The lowest BCUT2D eigenvalue weighted by Gasteiger charge is -2.13. The summed E-state index contributed by atoms with van der Waals surface area (Å²) in [4.78, 5) is 29.2. The average Bonchev–Trinajstić information content (AvgIpc) is 3.10. The van der Waals surface area contributed by atoms with Crippen molar-refractivity contribution < 1.29 is 18.0 Å². The highest BCUT2D eigenvalue weighted by molar-refractivity contribution is 7.90. The topological polar surface area (TPSA) is 105 Å². The Morgan fingerprint density at radius 2 is 1.70 bits per heavy atom. The van der Waals surface area contributed by atoms with Gasteiger partial charge in [0.15, 0.2) is 15.0 Å². The SMILES string of the molecule is CCC(CC)C(=O)Nc1ccc(C(=O)Nc2nc3ccc(S(C)(=O)=O)cc3s2)cc1. The molecule has 9 heteroatoms. The molecule has 0 bridgehead atoms. The number of fused-ring (bicyclic) bond motifs is 1. The van der Waals surface area contributed by atoms with E-state index in [0.29, 0.717) is 26.6 Å². The third-order valence-electron chi connectivity index (χ3n) is 4.78. The minimum absolute atomic E-state index is 0.0276. The first-order valence-electron chi connectivity index (χ1n) is 9.54. The van der Waals surface area contributed by atoms with Gasteiger partial charge in [-0.2, -0.15) is 0 Å². The highest BCUT2D eigenvalue weighted by Gasteiger charge is 2.15. The number of benzene rings is 2. The molecule has 3 aromatic rings. The first-order chi connectivity index (χ1) is 14.2. The molecule has 2 amide bonds. The fourth-order valence-electron chi connectivity index (χ4n) is 2.97. The van der Waals surface area contributed by atoms with Gasteiger partial charge in [0, 0.05) is 23.4 Å². The number of carbonyl (C=O) groups is 2. The Kier molecular flexibility index (Phi) is 6.52. The van der Waals surface area contributed by atoms with Crippen LogP contribution in [0.1, 0.15) is 37.0 Å². The van der Waals surface area contributed by atoms with Crippen molar-refractivity contribution in [3.05, 3.63) is 48.0 Å². The molecule has 0 radical (unpaired) electrons. The van der Waals surface area contributed by atoms with Crippen LogP contribution in [-0.4, -0.2) is 31.5 Å². The number of amides is 2. The van der Waals surface area contributed by atoms with E-state index in [1.165, 1.54) is 17.4 Å². The molecule has 30 heavy (non-hydrogen) atoms. The Hall–Kier alpha value is -2.78. The Balaban J connectivity index is 1.70. The molecule has 0 fully saturated rings. The maximum atomic E-state index is 12.5. The number of hydrogen-bond donors (Lipinski definition) is 2. The van der Waals surface area contributed by atoms with Crippen molar-refractivity contribution in [1.82, 2.24) is 4.98 Å². The normalized spacial score (nSPS) is 11.6. The van der Waals surface area contributed by atoms with Crippen LogP contribution in [0.25, 0.3) is 10.2 Å². The minimum Gasteiger partial charge on any atom is -0.326 e. The summed E-state index contributed by atoms with van der Waals surface area (Å²) in [5.74, 6) is -0.398. The van der Waals surface area contributed by atoms with Crippen molar-refractivity contribution >= 4 is 54.0 Å². The second-order valence-electron chi connectivity index (χ2n) is 6.95. The molecule has 0 aliphatic heterocycles. The van der Waals surface area contributed by atoms with E-state index in [0.717, 1.165) is 19.1 Å². The van der Waals surface area contributed by atoms with Gasteiger partial charge in [0.2, 0.25) is 5.91 Å². The van der Waals surface area contributed by atoms with Crippen LogP contribution in [0.5, 0.6) is 0 Å². The first kappa shape index (κ1) is 21.9. The largest absolute Gasteiger partial charge is 0.326 e. The Bertz CT molecular complexity index is 1180. The van der Waals surface area contributed by atoms with Crippen LogP contribution in [0.3, 0.4) is 0 Å². The molecule has 2 aromatic carbocycles. The van der Waals surface area contributed by atoms with Gasteiger partial charge in [-0.1, -0.05) is 25.2 Å². The van der Waals surface area contributed by atoms with Crippen LogP contribution in [0.2, 0.25) is 0 Å². The molecule has 0 unspecified atom stereocenters. The van der Waals surface area contributed by atoms with Crippen molar-refractivity contribution in [2.45, 2.75) is 31.6 Å². The van der Waals surface area contributed by atoms with Gasteiger partial charge in [0.25, 0.3) is 5.91 Å². The highest BCUT2D eigenvalue weighted by atomic mass is 32.2. The zero-order chi connectivity index (χ0) is 21.9. The molecule has 1 aromatic heterocycles. The lowest BCUT2D eigenvalue weighted by atomic mass is 10.0. The third-order valence-corrected chi connectivity index (χ3v) is 6.82. The molecule has 3 rings (SSSR count). The lowest BCUT2D eigenvalue weighted by Crippen LogP contribution is -2.21. The van der Waals surface area contributed by atoms with E-state index >= 15 is 0 Å². The number of rotatable bonds is 7. The van der Waals surface area contributed by atoms with E-state index in [1.807, 2.05) is 13.8 Å². The number of aromatic nitrogens is 1. The average molecular weight is 446 g/mol. The maximum absolute atomic E-state index is 12.5. The third kappa shape index (κ3) is 5.03. The molecule has 0 saturated heterocycles. The van der Waals surface area contributed by atoms with Crippen LogP contribution < -0.4 is 10.6 Å². The zero-order valence-corrected chi connectivity index (χ0v) is 18.6. The molecule has 0 saturated carbocycles. The summed E-state index contributed by atoms with van der Waals surface area (Å²) in [6.45, 7) is 3.95. The lowest BCUT2D eigenvalue weighted by molar-refractivity contribution is -0.120. The van der Waals surface area contributed by atoms with Gasteiger partial charge in [-0.25, -0.2) is 13.4 Å². The summed E-state index contributed by atoms with van der Waals surface area (Å²) in [6.07, 6.45) is 2.70. The fourth-order valence-corrected chi connectivity index (χ4v) is 4.59. The fraction of sp³-hybridized carbons (Fsp3) is 0.286. The molecule has 7 nitrogen and oxygen atoms in total. The minimum atomic E-state index is -3.31. The van der Waals surface area contributed by atoms with Gasteiger partial charge in [-0.3, -0.25) is 14.9 Å². The highest BCUT2D eigenvalue weighted by Crippen LogP contribution is 2.28. The summed E-state index contributed by atoms with van der Waals surface area (Å²) in [6, 6.07) is 11.3. The quantitative estimate of drug-likeness (QED) is 0.563. The molecule has 0 spiro atoms. The standard InChI is InChI=1S/C21H23N3O4S2/c1-4-13(5-2)19(25)22-15-8-6-14(7-9-15)20(26)24-21-23-17-11-10-16(30(3,27)28)12-18(17)29-21/h6-13H,4-5H2,1-3H3,(H,22,25)(H,23,24,26). The predicted molar refractivity (Wildman–Crippen MR) is 120 cm³/mol. The number of hydrogen-bond acceptors (Lipinski definition) is 6. The summed E-state index contributed by atoms with van der Waals surface area (Å²) in [7, 11) is -3.31. The molecule has 158 valence electrons. The summed E-state index contributed by atoms with van der Waals surface area (Å²) >= 11 is 1.21. The molecular weight excluding hydrogens is 422 g/mol. The predicted octanol–water partition coefficient (Wildman–Crippen LogP) is 4.33. The second-order valence-corrected chi connectivity index (χ2v) is 10.0. The number of nitrogens with zero attached hydrogens (tertiary/aromatic N) is 1. The molecule has 1 heterocycles. The van der Waals surface area contributed by atoms with Crippen LogP contribution in [-0.2, 0) is 14.6 Å². The second kappa shape index (κ2) is 8.93. The summed E-state index contributed by atoms with van der Waals surface area (Å²) in [5, 5.41) is 5.98. The van der Waals surface area contributed by atoms with E-state index in [4.69, 9.17) is 0 Å². The van der Waals surface area contributed by atoms with Crippen LogP contribution in [0.4, 0.5) is 10.8 Å². The van der Waals surface area contributed by atoms with E-state index in [1.54, 1.807) is 36.4 Å². The Labute approximate surface area is 179 Å². The molecule has 0 atom stereocenters. The number of carbonyl (C=O) groups excluding carboxylic acids is 2. The van der Waals surface area contributed by atoms with E-state index in [-0.39, 0.29) is 22.6 Å². The van der Waals surface area contributed by atoms with Gasteiger partial charge in [0.1, 0.15) is 0 Å². The molecular formula is C21H23N3O4S2. The van der Waals surface area contributed by atoms with Gasteiger partial charge in [-0.15, -0.1) is 0 Å². The van der Waals surface area contributed by atoms with Gasteiger partial charge in [-0.05, 0) is 55.3 Å². The Morgan fingerprint density at radius 1 is 1.03 bits per heavy atom. The van der Waals surface area contributed by atoms with Crippen LogP contribution in [0, 0.1) is 5.92 Å². The van der Waals surface area contributed by atoms with E-state index in [2.05, 4.69) is 15.6 Å². The molecule has 2 N–H and O–H groups in total. The number of nitrogens with one attached hydrogen (secondary N) is 2. The van der Waals surface area contributed by atoms with Crippen molar-refractivity contribution in [1.29, 1.82) is 0 Å². The molecule has 0 aliphatic carbocycles. The summed E-state index contributed by atoms with van der Waals surface area (Å²) < 4.78 is 24.1. The first-order valence-corrected chi connectivity index (χ1v) is 12.2. The number of thiazole rings is 1. The molecule has 0 aliphatic rings. The smallest absolute Gasteiger partial charge is 0.257 e. The van der Waals surface area contributed by atoms with Crippen LogP contribution >= 0.6 is 11.3 Å². The van der Waals surface area contributed by atoms with Gasteiger partial charge < -0.3 is 5.32 Å². The maximum Gasteiger partial charge on any atom is 0.257 e. The van der Waals surface area contributed by atoms with Crippen molar-refractivity contribution in [3.8, 4) is 0 Å². The van der Waals surface area contributed by atoms with E-state index < -0.39 is 9.84 Å². The van der Waals surface area contributed by atoms with Gasteiger partial charge >= 0.3 is 0 Å². The monoisotopic (exact) mass is 445 g/mol. The van der Waals surface area contributed by atoms with Crippen LogP contribution in [0.15, 0.2) is 47.4 Å². The Morgan fingerprint density at radius 3 is 2.30 bits per heavy atom. The van der Waals surface area contributed by atoms with E-state index in [9.17, 15) is 18.0 Å². The zero-order valence-electron chi connectivity index (χ0n) is 16.9. The summed E-state index contributed by atoms with van der Waals surface area (Å²) in [5.41, 5.74) is 1.67.